The van der Waals surface area contributed by atoms with Crippen LogP contribution in [0, 0.1) is 11.3 Å². The third-order valence-electron chi connectivity index (χ3n) is 4.42. The van der Waals surface area contributed by atoms with Crippen molar-refractivity contribution in [3.05, 3.63) is 29.8 Å². The maximum atomic E-state index is 12.7. The van der Waals surface area contributed by atoms with Crippen molar-refractivity contribution in [2.45, 2.75) is 44.4 Å². The number of benzene rings is 1. The molecule has 3 rings (SSSR count). The molecule has 3 atom stereocenters. The second kappa shape index (κ2) is 6.37. The van der Waals surface area contributed by atoms with Crippen LogP contribution in [0.3, 0.4) is 0 Å². The second-order valence-electron chi connectivity index (χ2n) is 5.81. The van der Waals surface area contributed by atoms with Crippen molar-refractivity contribution >= 4 is 5.91 Å². The Morgan fingerprint density at radius 1 is 1.45 bits per heavy atom. The van der Waals surface area contributed by atoms with Crippen LogP contribution in [0.25, 0.3) is 0 Å². The van der Waals surface area contributed by atoms with Crippen molar-refractivity contribution in [3.8, 4) is 11.8 Å². The predicted octanol–water partition coefficient (Wildman–Crippen LogP) is 2.11. The van der Waals surface area contributed by atoms with Gasteiger partial charge in [-0.2, -0.15) is 5.26 Å². The number of amides is 1. The summed E-state index contributed by atoms with van der Waals surface area (Å²) in [6.45, 7) is 2.96. The first-order valence-electron chi connectivity index (χ1n) is 7.78. The minimum Gasteiger partial charge on any atom is -0.480 e. The van der Waals surface area contributed by atoms with Gasteiger partial charge in [0.2, 0.25) is 0 Å². The average Bonchev–Trinajstić information content (AvgIpc) is 3.03. The Morgan fingerprint density at radius 2 is 2.27 bits per heavy atom. The molecule has 1 saturated carbocycles. The van der Waals surface area contributed by atoms with E-state index in [1.54, 1.807) is 31.2 Å². The zero-order chi connectivity index (χ0) is 15.5. The number of nitriles is 1. The van der Waals surface area contributed by atoms with E-state index in [-0.39, 0.29) is 18.1 Å². The number of morpholine rings is 1. The van der Waals surface area contributed by atoms with Crippen molar-refractivity contribution in [1.82, 2.24) is 4.90 Å². The van der Waals surface area contributed by atoms with Gasteiger partial charge in [0, 0.05) is 6.54 Å². The molecular formula is C17H20N2O3. The number of fused-ring (bicyclic) bond motifs is 1. The molecule has 5 heteroatoms. The normalized spacial score (nSPS) is 25.2. The summed E-state index contributed by atoms with van der Waals surface area (Å²) in [6.07, 6.45) is 2.70. The Kier molecular flexibility index (Phi) is 4.30. The van der Waals surface area contributed by atoms with Crippen molar-refractivity contribution in [1.29, 1.82) is 5.26 Å². The lowest BCUT2D eigenvalue weighted by atomic mass is 10.1. The first-order valence-corrected chi connectivity index (χ1v) is 7.78. The molecule has 5 nitrogen and oxygen atoms in total. The quantitative estimate of drug-likeness (QED) is 0.857. The summed E-state index contributed by atoms with van der Waals surface area (Å²) < 4.78 is 11.5. The summed E-state index contributed by atoms with van der Waals surface area (Å²) in [5.74, 6) is 0.440. The highest BCUT2D eigenvalue weighted by atomic mass is 16.5. The largest absolute Gasteiger partial charge is 0.480 e. The molecule has 0 N–H and O–H groups in total. The van der Waals surface area contributed by atoms with Gasteiger partial charge in [-0.3, -0.25) is 4.79 Å². The van der Waals surface area contributed by atoms with Gasteiger partial charge in [0.25, 0.3) is 5.91 Å². The Bertz CT molecular complexity index is 596. The molecule has 0 radical (unpaired) electrons. The number of nitrogens with zero attached hydrogens (tertiary/aromatic N) is 2. The van der Waals surface area contributed by atoms with Gasteiger partial charge in [-0.1, -0.05) is 12.1 Å². The standard InChI is InChI=1S/C17H20N2O3/c1-12(22-15-7-3-2-5-13(15)11-18)17(20)19-9-10-21-16-8-4-6-14(16)19/h2-3,5,7,12,14,16H,4,6,8-10H2,1H3/t12-,14-,16-/m0/s1. The lowest BCUT2D eigenvalue weighted by Crippen LogP contribution is -2.54. The first kappa shape index (κ1) is 14.9. The minimum absolute atomic E-state index is 0.0204. The summed E-state index contributed by atoms with van der Waals surface area (Å²) >= 11 is 0. The van der Waals surface area contributed by atoms with Gasteiger partial charge in [-0.15, -0.1) is 0 Å². The summed E-state index contributed by atoms with van der Waals surface area (Å²) in [4.78, 5) is 14.6. The van der Waals surface area contributed by atoms with Crippen LogP contribution in [-0.2, 0) is 9.53 Å². The molecule has 2 fully saturated rings. The van der Waals surface area contributed by atoms with Crippen molar-refractivity contribution in [2.24, 2.45) is 0 Å². The summed E-state index contributed by atoms with van der Waals surface area (Å²) in [5, 5.41) is 9.10. The molecule has 2 aliphatic rings. The average molecular weight is 300 g/mol. The molecule has 1 amide bonds. The number of rotatable bonds is 3. The van der Waals surface area contributed by atoms with Crippen LogP contribution in [0.5, 0.6) is 5.75 Å². The molecule has 1 heterocycles. The molecule has 0 aromatic heterocycles. The smallest absolute Gasteiger partial charge is 0.263 e. The number of hydrogen-bond donors (Lipinski definition) is 0. The van der Waals surface area contributed by atoms with Crippen LogP contribution in [0.2, 0.25) is 0 Å². The van der Waals surface area contributed by atoms with E-state index in [2.05, 4.69) is 6.07 Å². The number of carbonyl (C=O) groups excluding carboxylic acids is 1. The highest BCUT2D eigenvalue weighted by Crippen LogP contribution is 2.30. The zero-order valence-electron chi connectivity index (χ0n) is 12.7. The Hall–Kier alpha value is -2.06. The van der Waals surface area contributed by atoms with Crippen molar-refractivity contribution in [3.63, 3.8) is 0 Å². The monoisotopic (exact) mass is 300 g/mol. The number of hydrogen-bond acceptors (Lipinski definition) is 4. The van der Waals surface area contributed by atoms with E-state index >= 15 is 0 Å². The third kappa shape index (κ3) is 2.79. The van der Waals surface area contributed by atoms with Crippen molar-refractivity contribution in [2.75, 3.05) is 13.2 Å². The highest BCUT2D eigenvalue weighted by Gasteiger charge is 2.40. The molecule has 1 aliphatic carbocycles. The molecule has 22 heavy (non-hydrogen) atoms. The van der Waals surface area contributed by atoms with Gasteiger partial charge in [-0.25, -0.2) is 0 Å². The lowest BCUT2D eigenvalue weighted by Gasteiger charge is -2.38. The van der Waals surface area contributed by atoms with E-state index in [0.717, 1.165) is 19.3 Å². The topological polar surface area (TPSA) is 62.6 Å². The van der Waals surface area contributed by atoms with E-state index in [1.807, 2.05) is 4.90 Å². The van der Waals surface area contributed by atoms with Gasteiger partial charge in [0.15, 0.2) is 6.10 Å². The number of carbonyl (C=O) groups is 1. The summed E-state index contributed by atoms with van der Waals surface area (Å²) in [5.41, 5.74) is 0.447. The van der Waals surface area contributed by atoms with E-state index in [1.165, 1.54) is 0 Å². The maximum absolute atomic E-state index is 12.7. The second-order valence-corrected chi connectivity index (χ2v) is 5.81. The Morgan fingerprint density at radius 3 is 3.09 bits per heavy atom. The maximum Gasteiger partial charge on any atom is 0.263 e. The molecule has 0 bridgehead atoms. The SMILES string of the molecule is C[C@H](Oc1ccccc1C#N)C(=O)N1CCO[C@H]2CCC[C@@H]21. The van der Waals surface area contributed by atoms with E-state index in [0.29, 0.717) is 24.5 Å². The molecule has 1 aromatic rings. The highest BCUT2D eigenvalue weighted by molar-refractivity contribution is 5.81. The van der Waals surface area contributed by atoms with Gasteiger partial charge in [-0.05, 0) is 38.3 Å². The van der Waals surface area contributed by atoms with Gasteiger partial charge < -0.3 is 14.4 Å². The lowest BCUT2D eigenvalue weighted by molar-refractivity contribution is -0.150. The van der Waals surface area contributed by atoms with Gasteiger partial charge in [0.1, 0.15) is 11.8 Å². The van der Waals surface area contributed by atoms with Crippen LogP contribution in [0.15, 0.2) is 24.3 Å². The van der Waals surface area contributed by atoms with Crippen molar-refractivity contribution < 1.29 is 14.3 Å². The van der Waals surface area contributed by atoms with E-state index in [9.17, 15) is 4.79 Å². The third-order valence-corrected chi connectivity index (χ3v) is 4.42. The number of para-hydroxylation sites is 1. The van der Waals surface area contributed by atoms with Gasteiger partial charge >= 0.3 is 0 Å². The Balaban J connectivity index is 1.70. The van der Waals surface area contributed by atoms with Crippen LogP contribution in [0.1, 0.15) is 31.7 Å². The first-order chi connectivity index (χ1) is 10.7. The fraction of sp³-hybridized carbons (Fsp3) is 0.529. The van der Waals surface area contributed by atoms with E-state index < -0.39 is 6.10 Å². The fourth-order valence-electron chi connectivity index (χ4n) is 3.34. The molecule has 116 valence electrons. The summed E-state index contributed by atoms with van der Waals surface area (Å²) in [7, 11) is 0. The predicted molar refractivity (Wildman–Crippen MR) is 80.3 cm³/mol. The molecule has 1 saturated heterocycles. The molecular weight excluding hydrogens is 280 g/mol. The minimum atomic E-state index is -0.603. The number of ether oxygens (including phenoxy) is 2. The van der Waals surface area contributed by atoms with Crippen LogP contribution >= 0.6 is 0 Å². The molecule has 1 aromatic carbocycles. The molecule has 0 spiro atoms. The van der Waals surface area contributed by atoms with Gasteiger partial charge in [0.05, 0.1) is 24.3 Å². The zero-order valence-corrected chi connectivity index (χ0v) is 12.7. The molecule has 0 unspecified atom stereocenters. The fourth-order valence-corrected chi connectivity index (χ4v) is 3.34. The Labute approximate surface area is 130 Å². The molecule has 1 aliphatic heterocycles. The van der Waals surface area contributed by atoms with Crippen LogP contribution in [0.4, 0.5) is 0 Å². The van der Waals surface area contributed by atoms with Crippen LogP contribution < -0.4 is 4.74 Å². The summed E-state index contributed by atoms with van der Waals surface area (Å²) in [6, 6.07) is 9.26. The van der Waals surface area contributed by atoms with Crippen LogP contribution in [-0.4, -0.2) is 42.2 Å². The van der Waals surface area contributed by atoms with E-state index in [4.69, 9.17) is 14.7 Å².